The summed E-state index contributed by atoms with van der Waals surface area (Å²) in [6, 6.07) is 1.88. The van der Waals surface area contributed by atoms with E-state index in [1.807, 2.05) is 17.9 Å². The van der Waals surface area contributed by atoms with Gasteiger partial charge >= 0.3 is 0 Å². The van der Waals surface area contributed by atoms with Crippen LogP contribution in [0.1, 0.15) is 18.9 Å². The predicted molar refractivity (Wildman–Crippen MR) is 74.6 cm³/mol. The van der Waals surface area contributed by atoms with Crippen molar-refractivity contribution in [3.63, 3.8) is 0 Å². The lowest BCUT2D eigenvalue weighted by Gasteiger charge is -2.25. The fourth-order valence-electron chi connectivity index (χ4n) is 1.68. The van der Waals surface area contributed by atoms with Crippen molar-refractivity contribution in [1.82, 2.24) is 9.88 Å². The Hall–Kier alpha value is -1.78. The van der Waals surface area contributed by atoms with Crippen LogP contribution in [0.15, 0.2) is 12.3 Å². The Balaban J connectivity index is 2.93. The monoisotopic (exact) mass is 250 g/mol. The summed E-state index contributed by atoms with van der Waals surface area (Å²) in [6.07, 6.45) is 2.71. The molecule has 0 saturated heterocycles. The average molecular weight is 250 g/mol. The van der Waals surface area contributed by atoms with Gasteiger partial charge in [0.1, 0.15) is 0 Å². The minimum absolute atomic E-state index is 0.0465. The second kappa shape index (κ2) is 6.23. The number of hydrogen-bond acceptors (Lipinski definition) is 4. The molecule has 0 bridgehead atoms. The maximum Gasteiger partial charge on any atom is 0.241 e. The Kier molecular flexibility index (Phi) is 4.95. The van der Waals surface area contributed by atoms with Crippen LogP contribution in [0.2, 0.25) is 0 Å². The molecule has 0 saturated carbocycles. The summed E-state index contributed by atoms with van der Waals surface area (Å²) in [7, 11) is 3.50. The lowest BCUT2D eigenvalue weighted by atomic mass is 10.2. The maximum absolute atomic E-state index is 11.8. The second-order valence-electron chi connectivity index (χ2n) is 4.64. The molecule has 1 rings (SSSR count). The summed E-state index contributed by atoms with van der Waals surface area (Å²) in [6.45, 7) is 5.08. The number of anilines is 2. The third-order valence-electron chi connectivity index (χ3n) is 2.65. The van der Waals surface area contributed by atoms with E-state index in [-0.39, 0.29) is 5.91 Å². The van der Waals surface area contributed by atoms with Crippen LogP contribution in [0, 0.1) is 6.92 Å². The van der Waals surface area contributed by atoms with E-state index in [4.69, 9.17) is 5.73 Å². The molecule has 0 radical (unpaired) electrons. The molecule has 1 aromatic rings. The van der Waals surface area contributed by atoms with Crippen LogP contribution < -0.4 is 10.6 Å². The van der Waals surface area contributed by atoms with E-state index in [1.165, 1.54) is 0 Å². The van der Waals surface area contributed by atoms with Crippen molar-refractivity contribution < 1.29 is 4.79 Å². The number of nitrogens with two attached hydrogens (primary N) is 1. The van der Waals surface area contributed by atoms with E-state index in [0.717, 1.165) is 18.5 Å². The topological polar surface area (TPSA) is 62.5 Å². The van der Waals surface area contributed by atoms with Crippen molar-refractivity contribution in [3.05, 3.63) is 17.8 Å². The molecule has 0 aliphatic rings. The van der Waals surface area contributed by atoms with Gasteiger partial charge in [0, 0.05) is 26.8 Å². The van der Waals surface area contributed by atoms with Crippen molar-refractivity contribution >= 4 is 17.4 Å². The Bertz CT molecular complexity index is 417. The third kappa shape index (κ3) is 3.61. The molecule has 0 unspecified atom stereocenters. The highest BCUT2D eigenvalue weighted by Crippen LogP contribution is 2.21. The van der Waals surface area contributed by atoms with Crippen LogP contribution in [-0.4, -0.2) is 43.0 Å². The molecule has 0 atom stereocenters. The zero-order valence-electron chi connectivity index (χ0n) is 11.6. The molecule has 18 heavy (non-hydrogen) atoms. The van der Waals surface area contributed by atoms with Crippen LogP contribution in [0.3, 0.4) is 0 Å². The van der Waals surface area contributed by atoms with Gasteiger partial charge in [0.15, 0.2) is 5.82 Å². The van der Waals surface area contributed by atoms with Gasteiger partial charge in [0.05, 0.1) is 12.2 Å². The van der Waals surface area contributed by atoms with Gasteiger partial charge in [-0.1, -0.05) is 6.92 Å². The first-order valence-electron chi connectivity index (χ1n) is 6.13. The summed E-state index contributed by atoms with van der Waals surface area (Å²) in [5.41, 5.74) is 7.62. The van der Waals surface area contributed by atoms with E-state index < -0.39 is 0 Å². The van der Waals surface area contributed by atoms with Gasteiger partial charge in [0.25, 0.3) is 0 Å². The number of nitrogen functional groups attached to an aromatic ring is 1. The van der Waals surface area contributed by atoms with Crippen molar-refractivity contribution in [1.29, 1.82) is 0 Å². The minimum Gasteiger partial charge on any atom is -0.396 e. The van der Waals surface area contributed by atoms with Crippen molar-refractivity contribution in [3.8, 4) is 0 Å². The number of likely N-dealkylation sites (N-methyl/N-ethyl adjacent to an activating group) is 1. The van der Waals surface area contributed by atoms with Gasteiger partial charge in [-0.15, -0.1) is 0 Å². The van der Waals surface area contributed by atoms with E-state index in [9.17, 15) is 4.79 Å². The van der Waals surface area contributed by atoms with Gasteiger partial charge in [-0.3, -0.25) is 4.79 Å². The molecule has 1 amide bonds. The molecule has 5 heteroatoms. The Morgan fingerprint density at radius 3 is 2.61 bits per heavy atom. The highest BCUT2D eigenvalue weighted by Gasteiger charge is 2.15. The van der Waals surface area contributed by atoms with Crippen LogP contribution in [-0.2, 0) is 4.79 Å². The number of nitrogens with zero attached hydrogens (tertiary/aromatic N) is 3. The Morgan fingerprint density at radius 2 is 2.11 bits per heavy atom. The highest BCUT2D eigenvalue weighted by atomic mass is 16.2. The number of carbonyl (C=O) groups is 1. The molecule has 100 valence electrons. The first-order valence-corrected chi connectivity index (χ1v) is 6.13. The van der Waals surface area contributed by atoms with E-state index in [0.29, 0.717) is 18.1 Å². The number of carbonyl (C=O) groups excluding carboxylic acids is 1. The molecule has 0 fully saturated rings. The SMILES string of the molecule is CCCN(CC(=O)N(C)C)c1ncc(C)cc1N. The minimum atomic E-state index is 0.0465. The maximum atomic E-state index is 11.8. The summed E-state index contributed by atoms with van der Waals surface area (Å²) in [4.78, 5) is 19.6. The summed E-state index contributed by atoms with van der Waals surface area (Å²) in [5, 5.41) is 0. The lowest BCUT2D eigenvalue weighted by Crippen LogP contribution is -2.37. The van der Waals surface area contributed by atoms with Crippen molar-refractivity contribution in [2.75, 3.05) is 37.8 Å². The van der Waals surface area contributed by atoms with Crippen LogP contribution in [0.5, 0.6) is 0 Å². The largest absolute Gasteiger partial charge is 0.396 e. The van der Waals surface area contributed by atoms with Crippen LogP contribution in [0.25, 0.3) is 0 Å². The number of aromatic nitrogens is 1. The Labute approximate surface area is 109 Å². The molecular formula is C13H22N4O. The smallest absolute Gasteiger partial charge is 0.241 e. The Morgan fingerprint density at radius 1 is 1.44 bits per heavy atom. The fraction of sp³-hybridized carbons (Fsp3) is 0.538. The predicted octanol–water partition coefficient (Wildman–Crippen LogP) is 1.28. The standard InChI is InChI=1S/C13H22N4O/c1-5-6-17(9-12(18)16(3)4)13-11(14)7-10(2)8-15-13/h7-8H,5-6,9,14H2,1-4H3. The van der Waals surface area contributed by atoms with Gasteiger partial charge in [-0.05, 0) is 25.0 Å². The van der Waals surface area contributed by atoms with Gasteiger partial charge < -0.3 is 15.5 Å². The molecule has 0 spiro atoms. The molecule has 2 N–H and O–H groups in total. The summed E-state index contributed by atoms with van der Waals surface area (Å²) < 4.78 is 0. The molecule has 1 heterocycles. The molecule has 0 aliphatic heterocycles. The molecule has 0 aromatic carbocycles. The van der Waals surface area contributed by atoms with E-state index in [2.05, 4.69) is 11.9 Å². The number of pyridine rings is 1. The molecule has 0 aliphatic carbocycles. The van der Waals surface area contributed by atoms with Crippen LogP contribution >= 0.6 is 0 Å². The second-order valence-corrected chi connectivity index (χ2v) is 4.64. The number of aryl methyl sites for hydroxylation is 1. The number of rotatable bonds is 5. The lowest BCUT2D eigenvalue weighted by molar-refractivity contribution is -0.127. The molecule has 5 nitrogen and oxygen atoms in total. The summed E-state index contributed by atoms with van der Waals surface area (Å²) >= 11 is 0. The first-order chi connectivity index (χ1) is 8.45. The van der Waals surface area contributed by atoms with Gasteiger partial charge in [-0.25, -0.2) is 4.98 Å². The molecule has 1 aromatic heterocycles. The quantitative estimate of drug-likeness (QED) is 0.855. The average Bonchev–Trinajstić information content (AvgIpc) is 2.28. The van der Waals surface area contributed by atoms with Crippen LogP contribution in [0.4, 0.5) is 11.5 Å². The number of hydrogen-bond donors (Lipinski definition) is 1. The molecular weight excluding hydrogens is 228 g/mol. The zero-order valence-corrected chi connectivity index (χ0v) is 11.6. The summed E-state index contributed by atoms with van der Waals surface area (Å²) in [5.74, 6) is 0.739. The number of amides is 1. The normalized spacial score (nSPS) is 10.2. The highest BCUT2D eigenvalue weighted by molar-refractivity contribution is 5.82. The van der Waals surface area contributed by atoms with Crippen molar-refractivity contribution in [2.24, 2.45) is 0 Å². The van der Waals surface area contributed by atoms with E-state index in [1.54, 1.807) is 25.2 Å². The zero-order chi connectivity index (χ0) is 13.7. The third-order valence-corrected chi connectivity index (χ3v) is 2.65. The van der Waals surface area contributed by atoms with E-state index >= 15 is 0 Å². The van der Waals surface area contributed by atoms with Crippen molar-refractivity contribution in [2.45, 2.75) is 20.3 Å². The fourth-order valence-corrected chi connectivity index (χ4v) is 1.68. The first kappa shape index (κ1) is 14.3. The van der Waals surface area contributed by atoms with Gasteiger partial charge in [0.2, 0.25) is 5.91 Å². The van der Waals surface area contributed by atoms with Gasteiger partial charge in [-0.2, -0.15) is 0 Å².